The van der Waals surface area contributed by atoms with Crippen molar-refractivity contribution in [2.75, 3.05) is 7.11 Å². The third-order valence-corrected chi connectivity index (χ3v) is 3.26. The number of methoxy groups -OCH3 is 1. The van der Waals surface area contributed by atoms with Crippen molar-refractivity contribution in [2.24, 2.45) is 0 Å². The lowest BCUT2D eigenvalue weighted by atomic mass is 9.89. The largest absolute Gasteiger partial charge is 0.494 e. The quantitative estimate of drug-likeness (QED) is 0.756. The molecule has 2 heteroatoms. The van der Waals surface area contributed by atoms with Crippen molar-refractivity contribution in [1.82, 2.24) is 4.98 Å². The van der Waals surface area contributed by atoms with Crippen molar-refractivity contribution >= 4 is 10.9 Å². The maximum Gasteiger partial charge on any atom is 0.145 e. The molecule has 2 nitrogen and oxygen atoms in total. The van der Waals surface area contributed by atoms with E-state index in [1.165, 1.54) is 10.9 Å². The van der Waals surface area contributed by atoms with Gasteiger partial charge >= 0.3 is 0 Å². The first kappa shape index (κ1) is 16.5. The van der Waals surface area contributed by atoms with Gasteiger partial charge < -0.3 is 4.74 Å². The molecule has 1 aromatic carbocycles. The van der Waals surface area contributed by atoms with Crippen LogP contribution in [0.3, 0.4) is 0 Å². The molecule has 0 unspecified atom stereocenters. The maximum atomic E-state index is 5.43. The summed E-state index contributed by atoms with van der Waals surface area (Å²) < 4.78 is 5.43. The van der Waals surface area contributed by atoms with Crippen LogP contribution in [-0.4, -0.2) is 12.1 Å². The monoisotopic (exact) mass is 273 g/mol. The van der Waals surface area contributed by atoms with Crippen LogP contribution in [0.15, 0.2) is 24.3 Å². The van der Waals surface area contributed by atoms with E-state index in [-0.39, 0.29) is 5.41 Å². The molecule has 0 N–H and O–H groups in total. The lowest BCUT2D eigenvalue weighted by Gasteiger charge is -2.20. The highest BCUT2D eigenvalue weighted by molar-refractivity contribution is 5.87. The summed E-state index contributed by atoms with van der Waals surface area (Å²) in [6, 6.07) is 8.35. The Morgan fingerprint density at radius 3 is 2.30 bits per heavy atom. The molecule has 0 amide bonds. The maximum absolute atomic E-state index is 5.43. The zero-order valence-corrected chi connectivity index (χ0v) is 13.9. The van der Waals surface area contributed by atoms with Crippen LogP contribution in [0.5, 0.6) is 5.75 Å². The van der Waals surface area contributed by atoms with Crippen LogP contribution < -0.4 is 4.74 Å². The van der Waals surface area contributed by atoms with Gasteiger partial charge in [-0.25, -0.2) is 4.98 Å². The predicted molar refractivity (Wildman–Crippen MR) is 87.7 cm³/mol. The van der Waals surface area contributed by atoms with Gasteiger partial charge in [0.1, 0.15) is 11.3 Å². The van der Waals surface area contributed by atoms with Gasteiger partial charge in [0.15, 0.2) is 0 Å². The Hall–Kier alpha value is -1.57. The van der Waals surface area contributed by atoms with Crippen LogP contribution in [0.4, 0.5) is 0 Å². The number of nitrogens with zero attached hydrogens (tertiary/aromatic N) is 1. The molecular weight excluding hydrogens is 246 g/mol. The molecular formula is C18H27NO. The van der Waals surface area contributed by atoms with Crippen molar-refractivity contribution in [3.8, 4) is 5.75 Å². The standard InChI is InChI=1S/C16H21NO.C2H6/c1-6-11-10-14(16(2,3)4)17-15-12(11)8-7-9-13(15)18-5;1-2/h7-10H,6H2,1-5H3;1-2H3. The van der Waals surface area contributed by atoms with Gasteiger partial charge in [-0.05, 0) is 24.1 Å². The van der Waals surface area contributed by atoms with Gasteiger partial charge in [-0.1, -0.05) is 53.7 Å². The molecule has 0 spiro atoms. The molecule has 0 saturated heterocycles. The lowest BCUT2D eigenvalue weighted by Crippen LogP contribution is -2.14. The average Bonchev–Trinajstić information content (AvgIpc) is 2.46. The molecule has 1 heterocycles. The highest BCUT2D eigenvalue weighted by Crippen LogP contribution is 2.31. The van der Waals surface area contributed by atoms with E-state index in [1.54, 1.807) is 7.11 Å². The first-order valence-electron chi connectivity index (χ1n) is 7.44. The van der Waals surface area contributed by atoms with E-state index in [1.807, 2.05) is 26.0 Å². The van der Waals surface area contributed by atoms with E-state index in [4.69, 9.17) is 9.72 Å². The molecule has 2 rings (SSSR count). The normalized spacial score (nSPS) is 10.9. The van der Waals surface area contributed by atoms with Crippen LogP contribution in [0.1, 0.15) is 52.8 Å². The van der Waals surface area contributed by atoms with Crippen LogP contribution in [0.2, 0.25) is 0 Å². The van der Waals surface area contributed by atoms with Crippen molar-refractivity contribution in [2.45, 2.75) is 53.4 Å². The fraction of sp³-hybridized carbons (Fsp3) is 0.500. The second kappa shape index (κ2) is 6.74. The van der Waals surface area contributed by atoms with Gasteiger partial charge in [-0.3, -0.25) is 0 Å². The molecule has 0 saturated carbocycles. The summed E-state index contributed by atoms with van der Waals surface area (Å²) in [5.41, 5.74) is 3.49. The molecule has 20 heavy (non-hydrogen) atoms. The summed E-state index contributed by atoms with van der Waals surface area (Å²) in [7, 11) is 1.70. The van der Waals surface area contributed by atoms with E-state index in [0.29, 0.717) is 0 Å². The van der Waals surface area contributed by atoms with Crippen LogP contribution >= 0.6 is 0 Å². The van der Waals surface area contributed by atoms with E-state index in [0.717, 1.165) is 23.4 Å². The molecule has 0 bridgehead atoms. The molecule has 0 aliphatic carbocycles. The average molecular weight is 273 g/mol. The second-order valence-corrected chi connectivity index (χ2v) is 5.63. The van der Waals surface area contributed by atoms with E-state index >= 15 is 0 Å². The van der Waals surface area contributed by atoms with E-state index in [2.05, 4.69) is 39.8 Å². The first-order valence-corrected chi connectivity index (χ1v) is 7.44. The summed E-state index contributed by atoms with van der Waals surface area (Å²) in [6.07, 6.45) is 1.01. The molecule has 0 radical (unpaired) electrons. The summed E-state index contributed by atoms with van der Waals surface area (Å²) in [5.74, 6) is 0.855. The number of rotatable bonds is 2. The van der Waals surface area contributed by atoms with E-state index in [9.17, 15) is 0 Å². The predicted octanol–water partition coefficient (Wildman–Crippen LogP) is 5.13. The number of aryl methyl sites for hydroxylation is 1. The fourth-order valence-corrected chi connectivity index (χ4v) is 2.13. The molecule has 0 atom stereocenters. The summed E-state index contributed by atoms with van der Waals surface area (Å²) in [6.45, 7) is 12.8. The summed E-state index contributed by atoms with van der Waals surface area (Å²) in [5, 5.41) is 1.20. The summed E-state index contributed by atoms with van der Waals surface area (Å²) >= 11 is 0. The molecule has 0 fully saturated rings. The van der Waals surface area contributed by atoms with Crippen LogP contribution in [0, 0.1) is 0 Å². The van der Waals surface area contributed by atoms with Gasteiger partial charge in [0.2, 0.25) is 0 Å². The smallest absolute Gasteiger partial charge is 0.145 e. The molecule has 0 aliphatic rings. The molecule has 2 aromatic rings. The van der Waals surface area contributed by atoms with Gasteiger partial charge in [-0.2, -0.15) is 0 Å². The Labute approximate surface area is 123 Å². The summed E-state index contributed by atoms with van der Waals surface area (Å²) in [4.78, 5) is 4.80. The van der Waals surface area contributed by atoms with E-state index < -0.39 is 0 Å². The van der Waals surface area contributed by atoms with Gasteiger partial charge in [0.05, 0.1) is 7.11 Å². The highest BCUT2D eigenvalue weighted by atomic mass is 16.5. The van der Waals surface area contributed by atoms with Gasteiger partial charge in [0.25, 0.3) is 0 Å². The zero-order chi connectivity index (χ0) is 15.3. The van der Waals surface area contributed by atoms with Crippen LogP contribution in [-0.2, 0) is 11.8 Å². The van der Waals surface area contributed by atoms with Crippen LogP contribution in [0.25, 0.3) is 10.9 Å². The minimum atomic E-state index is 0.0545. The van der Waals surface area contributed by atoms with Crippen molar-refractivity contribution in [3.63, 3.8) is 0 Å². The molecule has 110 valence electrons. The van der Waals surface area contributed by atoms with Crippen molar-refractivity contribution in [3.05, 3.63) is 35.5 Å². The minimum absolute atomic E-state index is 0.0545. The number of fused-ring (bicyclic) bond motifs is 1. The number of hydrogen-bond acceptors (Lipinski definition) is 2. The number of ether oxygens (including phenoxy) is 1. The van der Waals surface area contributed by atoms with Crippen molar-refractivity contribution in [1.29, 1.82) is 0 Å². The number of benzene rings is 1. The van der Waals surface area contributed by atoms with Gasteiger partial charge in [0, 0.05) is 16.5 Å². The molecule has 0 aliphatic heterocycles. The zero-order valence-electron chi connectivity index (χ0n) is 13.9. The Morgan fingerprint density at radius 1 is 1.15 bits per heavy atom. The highest BCUT2D eigenvalue weighted by Gasteiger charge is 2.18. The topological polar surface area (TPSA) is 22.1 Å². The van der Waals surface area contributed by atoms with Gasteiger partial charge in [-0.15, -0.1) is 0 Å². The number of hydrogen-bond donors (Lipinski definition) is 0. The van der Waals surface area contributed by atoms with Crippen molar-refractivity contribution < 1.29 is 4.74 Å². The second-order valence-electron chi connectivity index (χ2n) is 5.63. The molecule has 1 aromatic heterocycles. The Morgan fingerprint density at radius 2 is 1.80 bits per heavy atom. The number of para-hydroxylation sites is 1. The Balaban J connectivity index is 0.000000956. The third-order valence-electron chi connectivity index (χ3n) is 3.26. The minimum Gasteiger partial charge on any atom is -0.494 e. The fourth-order valence-electron chi connectivity index (χ4n) is 2.13. The lowest BCUT2D eigenvalue weighted by molar-refractivity contribution is 0.418. The first-order chi connectivity index (χ1) is 9.47. The number of aromatic nitrogens is 1. The SMILES string of the molecule is CC.CCc1cc(C(C)(C)C)nc2c(OC)cccc12. The third kappa shape index (κ3) is 3.30. The Bertz CT molecular complexity index is 567. The Kier molecular flexibility index (Phi) is 5.55. The number of pyridine rings is 1.